The van der Waals surface area contributed by atoms with Gasteiger partial charge in [-0.25, -0.2) is 13.6 Å². The molecule has 2 aromatic rings. The van der Waals surface area contributed by atoms with Crippen LogP contribution in [0.25, 0.3) is 10.9 Å². The summed E-state index contributed by atoms with van der Waals surface area (Å²) in [7, 11) is 0.738. The van der Waals surface area contributed by atoms with Crippen molar-refractivity contribution in [3.8, 4) is 0 Å². The number of primary sulfonamides is 1. The summed E-state index contributed by atoms with van der Waals surface area (Å²) in [5, 5.41) is 6.30. The van der Waals surface area contributed by atoms with Gasteiger partial charge in [-0.3, -0.25) is 0 Å². The molecule has 0 radical (unpaired) electrons. The van der Waals surface area contributed by atoms with Crippen LogP contribution in [0.5, 0.6) is 0 Å². The van der Waals surface area contributed by atoms with E-state index in [-0.39, 0.29) is 5.75 Å². The van der Waals surface area contributed by atoms with E-state index < -0.39 is 10.0 Å². The van der Waals surface area contributed by atoms with Crippen molar-refractivity contribution < 1.29 is 8.42 Å². The number of aryl methyl sites for hydroxylation is 2. The van der Waals surface area contributed by atoms with Gasteiger partial charge in [0.15, 0.2) is 0 Å². The Kier molecular flexibility index (Phi) is 5.26. The van der Waals surface area contributed by atoms with Crippen molar-refractivity contribution in [2.45, 2.75) is 19.8 Å². The molecule has 0 unspecified atom stereocenters. The standard InChI is InChI=1S/C16H25N3O2S/c1-4-18(2)9-7-14-12-19(3)16-6-5-13(11-15(14)16)8-10-22(17,20)21/h5-6,11-12H,4,7-10H2,1-3H3,(H2,17,20,21). The van der Waals surface area contributed by atoms with Crippen molar-refractivity contribution in [2.24, 2.45) is 12.2 Å². The molecule has 0 fully saturated rings. The molecule has 6 heteroatoms. The Morgan fingerprint density at radius 2 is 2.00 bits per heavy atom. The Balaban J connectivity index is 2.25. The summed E-state index contributed by atoms with van der Waals surface area (Å²) in [6.07, 6.45) is 3.61. The highest BCUT2D eigenvalue weighted by Gasteiger charge is 2.10. The number of sulfonamides is 1. The Labute approximate surface area is 132 Å². The lowest BCUT2D eigenvalue weighted by atomic mass is 10.1. The molecule has 5 nitrogen and oxygen atoms in total. The quantitative estimate of drug-likeness (QED) is 0.839. The van der Waals surface area contributed by atoms with E-state index in [1.807, 2.05) is 13.1 Å². The van der Waals surface area contributed by atoms with Crippen LogP contribution in [-0.2, 0) is 29.9 Å². The highest BCUT2D eigenvalue weighted by atomic mass is 32.2. The lowest BCUT2D eigenvalue weighted by Gasteiger charge is -2.12. The molecule has 0 atom stereocenters. The number of fused-ring (bicyclic) bond motifs is 1. The Hall–Kier alpha value is -1.37. The molecule has 22 heavy (non-hydrogen) atoms. The lowest BCUT2D eigenvalue weighted by molar-refractivity contribution is 0.358. The molecule has 0 aliphatic carbocycles. The van der Waals surface area contributed by atoms with Crippen LogP contribution in [0, 0.1) is 0 Å². The zero-order valence-corrected chi connectivity index (χ0v) is 14.4. The van der Waals surface area contributed by atoms with Crippen LogP contribution >= 0.6 is 0 Å². The molecule has 0 amide bonds. The van der Waals surface area contributed by atoms with Gasteiger partial charge in [0.1, 0.15) is 0 Å². The smallest absolute Gasteiger partial charge is 0.209 e. The maximum atomic E-state index is 11.1. The first kappa shape index (κ1) is 17.0. The van der Waals surface area contributed by atoms with E-state index in [0.29, 0.717) is 6.42 Å². The second kappa shape index (κ2) is 6.81. The Bertz CT molecular complexity index is 750. The SMILES string of the molecule is CCN(C)CCc1cn(C)c2ccc(CCS(N)(=O)=O)cc12. The molecule has 0 aliphatic rings. The van der Waals surface area contributed by atoms with Gasteiger partial charge in [-0.2, -0.15) is 0 Å². The van der Waals surface area contributed by atoms with Gasteiger partial charge >= 0.3 is 0 Å². The van der Waals surface area contributed by atoms with Gasteiger partial charge in [0.2, 0.25) is 10.0 Å². The van der Waals surface area contributed by atoms with Crippen LogP contribution in [0.1, 0.15) is 18.1 Å². The second-order valence-electron chi connectivity index (χ2n) is 5.88. The molecular formula is C16H25N3O2S. The summed E-state index contributed by atoms with van der Waals surface area (Å²) < 4.78 is 24.4. The summed E-state index contributed by atoms with van der Waals surface area (Å²) >= 11 is 0. The molecule has 0 aliphatic heterocycles. The first-order chi connectivity index (χ1) is 10.3. The van der Waals surface area contributed by atoms with Gasteiger partial charge in [-0.05, 0) is 49.7 Å². The summed E-state index contributed by atoms with van der Waals surface area (Å²) in [5.74, 6) is -0.0146. The monoisotopic (exact) mass is 323 g/mol. The van der Waals surface area contributed by atoms with Gasteiger partial charge in [-0.1, -0.05) is 13.0 Å². The normalized spacial score (nSPS) is 12.4. The topological polar surface area (TPSA) is 68.3 Å². The van der Waals surface area contributed by atoms with Gasteiger partial charge in [0, 0.05) is 30.7 Å². The van der Waals surface area contributed by atoms with Crippen molar-refractivity contribution in [3.05, 3.63) is 35.5 Å². The molecule has 1 aromatic carbocycles. The summed E-state index contributed by atoms with van der Waals surface area (Å²) in [6.45, 7) is 4.19. The highest BCUT2D eigenvalue weighted by Crippen LogP contribution is 2.23. The largest absolute Gasteiger partial charge is 0.350 e. The van der Waals surface area contributed by atoms with Crippen molar-refractivity contribution >= 4 is 20.9 Å². The zero-order chi connectivity index (χ0) is 16.3. The van der Waals surface area contributed by atoms with Crippen molar-refractivity contribution in [2.75, 3.05) is 25.9 Å². The number of hydrogen-bond donors (Lipinski definition) is 1. The van der Waals surface area contributed by atoms with E-state index in [4.69, 9.17) is 5.14 Å². The van der Waals surface area contributed by atoms with Gasteiger partial charge in [0.05, 0.1) is 5.75 Å². The van der Waals surface area contributed by atoms with Crippen molar-refractivity contribution in [3.63, 3.8) is 0 Å². The number of likely N-dealkylation sites (N-methyl/N-ethyl adjacent to an activating group) is 1. The molecule has 122 valence electrons. The van der Waals surface area contributed by atoms with Crippen LogP contribution < -0.4 is 5.14 Å². The number of nitrogens with two attached hydrogens (primary N) is 1. The number of aromatic nitrogens is 1. The number of hydrogen-bond acceptors (Lipinski definition) is 3. The fourth-order valence-electron chi connectivity index (χ4n) is 2.61. The van der Waals surface area contributed by atoms with E-state index in [0.717, 1.165) is 25.1 Å². The van der Waals surface area contributed by atoms with Gasteiger partial charge < -0.3 is 9.47 Å². The molecule has 0 saturated heterocycles. The Morgan fingerprint density at radius 1 is 1.27 bits per heavy atom. The molecule has 1 heterocycles. The lowest BCUT2D eigenvalue weighted by Crippen LogP contribution is -2.20. The van der Waals surface area contributed by atoms with Crippen LogP contribution in [0.3, 0.4) is 0 Å². The average molecular weight is 323 g/mol. The molecule has 2 rings (SSSR count). The predicted octanol–water partition coefficient (Wildman–Crippen LogP) is 1.50. The highest BCUT2D eigenvalue weighted by molar-refractivity contribution is 7.89. The van der Waals surface area contributed by atoms with Crippen LogP contribution in [-0.4, -0.2) is 43.8 Å². The van der Waals surface area contributed by atoms with Gasteiger partial charge in [0.25, 0.3) is 0 Å². The van der Waals surface area contributed by atoms with Gasteiger partial charge in [-0.15, -0.1) is 0 Å². The third-order valence-electron chi connectivity index (χ3n) is 4.11. The third kappa shape index (κ3) is 4.32. The summed E-state index contributed by atoms with van der Waals surface area (Å²) in [6, 6.07) is 6.14. The van der Waals surface area contributed by atoms with E-state index in [1.165, 1.54) is 16.5 Å². The number of benzene rings is 1. The van der Waals surface area contributed by atoms with Crippen molar-refractivity contribution in [1.82, 2.24) is 9.47 Å². The Morgan fingerprint density at radius 3 is 2.64 bits per heavy atom. The maximum Gasteiger partial charge on any atom is 0.209 e. The second-order valence-corrected chi connectivity index (χ2v) is 7.61. The van der Waals surface area contributed by atoms with E-state index >= 15 is 0 Å². The van der Waals surface area contributed by atoms with Crippen LogP contribution in [0.2, 0.25) is 0 Å². The number of nitrogens with zero attached hydrogens (tertiary/aromatic N) is 2. The molecule has 1 aromatic heterocycles. The molecule has 0 bridgehead atoms. The minimum atomic E-state index is -3.42. The first-order valence-electron chi connectivity index (χ1n) is 7.56. The summed E-state index contributed by atoms with van der Waals surface area (Å²) in [5.41, 5.74) is 3.49. The fourth-order valence-corrected chi connectivity index (χ4v) is 3.13. The van der Waals surface area contributed by atoms with Crippen LogP contribution in [0.15, 0.2) is 24.4 Å². The van der Waals surface area contributed by atoms with E-state index in [2.05, 4.69) is 41.8 Å². The first-order valence-corrected chi connectivity index (χ1v) is 9.27. The van der Waals surface area contributed by atoms with E-state index in [9.17, 15) is 8.42 Å². The van der Waals surface area contributed by atoms with Crippen LogP contribution in [0.4, 0.5) is 0 Å². The average Bonchev–Trinajstić information content (AvgIpc) is 2.78. The zero-order valence-electron chi connectivity index (χ0n) is 13.5. The third-order valence-corrected chi connectivity index (χ3v) is 4.89. The number of rotatable bonds is 7. The minimum absolute atomic E-state index is 0.0146. The molecule has 0 spiro atoms. The minimum Gasteiger partial charge on any atom is -0.350 e. The molecular weight excluding hydrogens is 298 g/mol. The van der Waals surface area contributed by atoms with Crippen molar-refractivity contribution in [1.29, 1.82) is 0 Å². The molecule has 2 N–H and O–H groups in total. The predicted molar refractivity (Wildman–Crippen MR) is 91.5 cm³/mol. The summed E-state index contributed by atoms with van der Waals surface area (Å²) in [4.78, 5) is 2.28. The fraction of sp³-hybridized carbons (Fsp3) is 0.500. The van der Waals surface area contributed by atoms with E-state index in [1.54, 1.807) is 0 Å². The maximum absolute atomic E-state index is 11.1. The molecule has 0 saturated carbocycles.